The molecule has 0 atom stereocenters. The summed E-state index contributed by atoms with van der Waals surface area (Å²) in [6.07, 6.45) is -2.75. The van der Waals surface area contributed by atoms with Gasteiger partial charge in [0.05, 0.1) is 5.56 Å². The molecule has 0 aliphatic heterocycles. The summed E-state index contributed by atoms with van der Waals surface area (Å²) in [5.74, 6) is -0.975. The molecule has 0 bridgehead atoms. The van der Waals surface area contributed by atoms with Crippen LogP contribution in [-0.2, 0) is 0 Å². The van der Waals surface area contributed by atoms with Gasteiger partial charge >= 0.3 is 0 Å². The second-order valence-electron chi connectivity index (χ2n) is 1.74. The molecule has 0 saturated heterocycles. The largest absolute Gasteiger partial charge is 0.266 e. The highest BCUT2D eigenvalue weighted by Crippen LogP contribution is 2.20. The average Bonchev–Trinajstić information content (AvgIpc) is 1.88. The van der Waals surface area contributed by atoms with Gasteiger partial charge in [-0.3, -0.25) is 0 Å². The van der Waals surface area contributed by atoms with Gasteiger partial charge in [0.25, 0.3) is 6.43 Å². The van der Waals surface area contributed by atoms with Crippen LogP contribution in [0.5, 0.6) is 0 Å². The Morgan fingerprint density at radius 2 is 2.10 bits per heavy atom. The first-order valence-corrected chi connectivity index (χ1v) is 2.66. The zero-order valence-electron chi connectivity index (χ0n) is 4.94. The van der Waals surface area contributed by atoms with Gasteiger partial charge in [-0.05, 0) is 0 Å². The molecule has 0 heterocycles. The zero-order chi connectivity index (χ0) is 7.56. The summed E-state index contributed by atoms with van der Waals surface area (Å²) in [6.45, 7) is 0. The third-order valence-electron chi connectivity index (χ3n) is 1.07. The lowest BCUT2D eigenvalue weighted by molar-refractivity contribution is 0.146. The molecule has 0 fully saturated rings. The second-order valence-corrected chi connectivity index (χ2v) is 1.74. The molecule has 1 aromatic rings. The van der Waals surface area contributed by atoms with E-state index in [1.165, 1.54) is 12.1 Å². The minimum Gasteiger partial charge on any atom is -0.206 e. The molecule has 0 aliphatic rings. The van der Waals surface area contributed by atoms with Gasteiger partial charge in [-0.25, -0.2) is 13.2 Å². The fourth-order valence-corrected chi connectivity index (χ4v) is 0.598. The number of hydrogen-bond acceptors (Lipinski definition) is 0. The number of halogens is 3. The molecule has 0 amide bonds. The van der Waals surface area contributed by atoms with E-state index in [2.05, 4.69) is 0 Å². The molecule has 0 aromatic heterocycles. The maximum Gasteiger partial charge on any atom is 0.266 e. The van der Waals surface area contributed by atoms with Gasteiger partial charge in [0.2, 0.25) is 0 Å². The lowest BCUT2D eigenvalue weighted by Crippen LogP contribution is -1.88. The van der Waals surface area contributed by atoms with Crippen LogP contribution >= 0.6 is 0 Å². The lowest BCUT2D eigenvalue weighted by Gasteiger charge is -1.97. The summed E-state index contributed by atoms with van der Waals surface area (Å²) in [5.41, 5.74) is -0.595. The fraction of sp³-hybridized carbons (Fsp3) is 0.143. The zero-order valence-corrected chi connectivity index (χ0v) is 4.94. The summed E-state index contributed by atoms with van der Waals surface area (Å²) in [7, 11) is 0. The van der Waals surface area contributed by atoms with Crippen molar-refractivity contribution in [1.82, 2.24) is 0 Å². The van der Waals surface area contributed by atoms with E-state index in [4.69, 9.17) is 0 Å². The monoisotopic (exact) mass is 145 g/mol. The van der Waals surface area contributed by atoms with Crippen LogP contribution in [0.2, 0.25) is 0 Å². The van der Waals surface area contributed by atoms with Crippen LogP contribution in [-0.4, -0.2) is 0 Å². The molecule has 1 radical (unpaired) electrons. The van der Waals surface area contributed by atoms with Crippen molar-refractivity contribution in [3.05, 3.63) is 35.6 Å². The van der Waals surface area contributed by atoms with Gasteiger partial charge in [-0.2, -0.15) is 0 Å². The summed E-state index contributed by atoms with van der Waals surface area (Å²) in [6, 6.07) is 5.65. The van der Waals surface area contributed by atoms with E-state index in [1.807, 2.05) is 6.07 Å². The molecule has 0 unspecified atom stereocenters. The summed E-state index contributed by atoms with van der Waals surface area (Å²) in [5, 5.41) is 0. The van der Waals surface area contributed by atoms with E-state index in [0.29, 0.717) is 0 Å². The van der Waals surface area contributed by atoms with Crippen LogP contribution in [0.15, 0.2) is 18.2 Å². The first-order valence-electron chi connectivity index (χ1n) is 2.66. The van der Waals surface area contributed by atoms with Gasteiger partial charge < -0.3 is 0 Å². The van der Waals surface area contributed by atoms with Crippen molar-refractivity contribution in [1.29, 1.82) is 0 Å². The summed E-state index contributed by atoms with van der Waals surface area (Å²) >= 11 is 0. The quantitative estimate of drug-likeness (QED) is 0.569. The standard InChI is InChI=1S/C7H4F3/c8-6-4-2-1-3-5(6)7(9)10/h1-3,7H. The number of alkyl halides is 2. The Morgan fingerprint density at radius 1 is 1.40 bits per heavy atom. The Morgan fingerprint density at radius 3 is 2.50 bits per heavy atom. The highest BCUT2D eigenvalue weighted by molar-refractivity contribution is 5.16. The minimum atomic E-state index is -2.75. The van der Waals surface area contributed by atoms with Crippen molar-refractivity contribution < 1.29 is 13.2 Å². The smallest absolute Gasteiger partial charge is 0.206 e. The first-order chi connectivity index (χ1) is 4.72. The molecule has 1 aromatic carbocycles. The molecule has 0 N–H and O–H groups in total. The van der Waals surface area contributed by atoms with Crippen LogP contribution < -0.4 is 0 Å². The molecular weight excluding hydrogens is 141 g/mol. The van der Waals surface area contributed by atoms with Gasteiger partial charge in [0.15, 0.2) is 0 Å². The van der Waals surface area contributed by atoms with E-state index in [1.54, 1.807) is 0 Å². The molecule has 10 heavy (non-hydrogen) atoms. The van der Waals surface area contributed by atoms with Crippen LogP contribution in [0.25, 0.3) is 0 Å². The number of benzene rings is 1. The third-order valence-corrected chi connectivity index (χ3v) is 1.07. The van der Waals surface area contributed by atoms with E-state index < -0.39 is 17.8 Å². The number of hydrogen-bond donors (Lipinski definition) is 0. The Bertz CT molecular complexity index is 220. The third kappa shape index (κ3) is 1.29. The Balaban J connectivity index is 3.03. The van der Waals surface area contributed by atoms with E-state index in [0.717, 1.165) is 6.07 Å². The molecule has 0 nitrogen and oxygen atoms in total. The van der Waals surface area contributed by atoms with Crippen LogP contribution in [0.4, 0.5) is 13.2 Å². The fourth-order valence-electron chi connectivity index (χ4n) is 0.598. The first kappa shape index (κ1) is 7.12. The van der Waals surface area contributed by atoms with Gasteiger partial charge in [0, 0.05) is 6.07 Å². The average molecular weight is 145 g/mol. The van der Waals surface area contributed by atoms with Gasteiger partial charge in [-0.1, -0.05) is 18.2 Å². The highest BCUT2D eigenvalue weighted by atomic mass is 19.3. The predicted molar refractivity (Wildman–Crippen MR) is 30.2 cm³/mol. The Kier molecular flexibility index (Phi) is 1.94. The maximum atomic E-state index is 12.3. The molecule has 0 spiro atoms. The second kappa shape index (κ2) is 2.73. The topological polar surface area (TPSA) is 0 Å². The molecule has 1 rings (SSSR count). The van der Waals surface area contributed by atoms with E-state index >= 15 is 0 Å². The summed E-state index contributed by atoms with van der Waals surface area (Å²) < 4.78 is 35.8. The highest BCUT2D eigenvalue weighted by Gasteiger charge is 2.10. The van der Waals surface area contributed by atoms with Crippen LogP contribution in [0.3, 0.4) is 0 Å². The van der Waals surface area contributed by atoms with E-state index in [9.17, 15) is 13.2 Å². The van der Waals surface area contributed by atoms with Crippen LogP contribution in [0.1, 0.15) is 12.0 Å². The van der Waals surface area contributed by atoms with Crippen molar-refractivity contribution in [2.75, 3.05) is 0 Å². The van der Waals surface area contributed by atoms with Crippen molar-refractivity contribution in [3.8, 4) is 0 Å². The van der Waals surface area contributed by atoms with Crippen molar-refractivity contribution >= 4 is 0 Å². The molecular formula is C7H4F3. The number of rotatable bonds is 1. The molecule has 0 aliphatic carbocycles. The van der Waals surface area contributed by atoms with Crippen molar-refractivity contribution in [3.63, 3.8) is 0 Å². The van der Waals surface area contributed by atoms with Gasteiger partial charge in [-0.15, -0.1) is 0 Å². The lowest BCUT2D eigenvalue weighted by atomic mass is 10.2. The van der Waals surface area contributed by atoms with Crippen LogP contribution in [0, 0.1) is 11.9 Å². The predicted octanol–water partition coefficient (Wildman–Crippen LogP) is 2.56. The van der Waals surface area contributed by atoms with Crippen molar-refractivity contribution in [2.45, 2.75) is 6.43 Å². The van der Waals surface area contributed by atoms with Crippen molar-refractivity contribution in [2.24, 2.45) is 0 Å². The molecule has 0 saturated carbocycles. The minimum absolute atomic E-state index is 0.595. The Labute approximate surface area is 56.3 Å². The summed E-state index contributed by atoms with van der Waals surface area (Å²) in [4.78, 5) is 0. The van der Waals surface area contributed by atoms with E-state index in [-0.39, 0.29) is 0 Å². The SMILES string of the molecule is Fc1[c]cccc1C(F)F. The normalized spacial score (nSPS) is 10.4. The Hall–Kier alpha value is -0.990. The molecule has 53 valence electrons. The molecule has 3 heteroatoms. The van der Waals surface area contributed by atoms with Gasteiger partial charge in [0.1, 0.15) is 5.82 Å². The maximum absolute atomic E-state index is 12.3.